The number of pyridine rings is 1. The van der Waals surface area contributed by atoms with Gasteiger partial charge in [-0.25, -0.2) is 4.98 Å². The lowest BCUT2D eigenvalue weighted by molar-refractivity contribution is 0.100. The lowest BCUT2D eigenvalue weighted by Crippen LogP contribution is -2.42. The topological polar surface area (TPSA) is 89.3 Å². The molecule has 0 aliphatic carbocycles. The van der Waals surface area contributed by atoms with Gasteiger partial charge in [0.15, 0.2) is 0 Å². The van der Waals surface area contributed by atoms with Crippen molar-refractivity contribution in [1.82, 2.24) is 19.9 Å². The van der Waals surface area contributed by atoms with Gasteiger partial charge in [-0.15, -0.1) is 0 Å². The number of nitrogens with zero attached hydrogens (tertiary/aromatic N) is 3. The monoisotopic (exact) mass is 382 g/mol. The van der Waals surface area contributed by atoms with Crippen molar-refractivity contribution in [2.75, 3.05) is 13.2 Å². The molecule has 0 fully saturated rings. The fraction of sp³-hybridized carbons (Fsp3) is 0.381. The van der Waals surface area contributed by atoms with Crippen molar-refractivity contribution in [2.45, 2.75) is 32.4 Å². The molecule has 0 aliphatic heterocycles. The van der Waals surface area contributed by atoms with Gasteiger partial charge in [-0.2, -0.15) is 0 Å². The predicted molar refractivity (Wildman–Crippen MR) is 109 cm³/mol. The largest absolute Gasteiger partial charge is 0.491 e. The molecule has 0 spiro atoms. The highest BCUT2D eigenvalue weighted by Gasteiger charge is 2.13. The average Bonchev–Trinajstić information content (AvgIpc) is 2.67. The number of aliphatic hydroxyl groups is 1. The van der Waals surface area contributed by atoms with E-state index in [1.165, 1.54) is 10.8 Å². The van der Waals surface area contributed by atoms with Crippen molar-refractivity contribution in [2.24, 2.45) is 7.05 Å². The van der Waals surface area contributed by atoms with Gasteiger partial charge in [0.1, 0.15) is 24.3 Å². The second kappa shape index (κ2) is 8.08. The van der Waals surface area contributed by atoms with Crippen LogP contribution in [0.2, 0.25) is 0 Å². The van der Waals surface area contributed by atoms with Gasteiger partial charge in [0.2, 0.25) is 0 Å². The molecule has 0 amide bonds. The predicted octanol–water partition coefficient (Wildman–Crippen LogP) is 2.12. The Bertz CT molecular complexity index is 1010. The van der Waals surface area contributed by atoms with Gasteiger partial charge in [-0.3, -0.25) is 14.3 Å². The number of ether oxygens (including phenoxy) is 1. The Morgan fingerprint density at radius 3 is 2.61 bits per heavy atom. The Morgan fingerprint density at radius 2 is 1.93 bits per heavy atom. The van der Waals surface area contributed by atoms with E-state index < -0.39 is 6.10 Å². The van der Waals surface area contributed by atoms with Crippen LogP contribution >= 0.6 is 0 Å². The summed E-state index contributed by atoms with van der Waals surface area (Å²) in [4.78, 5) is 21.1. The first kappa shape index (κ1) is 20.0. The van der Waals surface area contributed by atoms with Gasteiger partial charge in [-0.05, 0) is 51.1 Å². The number of nitrogens with one attached hydrogen (secondary N) is 1. The van der Waals surface area contributed by atoms with E-state index in [1.807, 2.05) is 45.0 Å². The lowest BCUT2D eigenvalue weighted by Gasteiger charge is -2.23. The summed E-state index contributed by atoms with van der Waals surface area (Å²) < 4.78 is 7.18. The van der Waals surface area contributed by atoms with Crippen LogP contribution in [0.15, 0.2) is 47.5 Å². The molecule has 148 valence electrons. The van der Waals surface area contributed by atoms with Crippen LogP contribution in [0.1, 0.15) is 20.8 Å². The van der Waals surface area contributed by atoms with E-state index in [0.717, 1.165) is 5.56 Å². The molecule has 0 aliphatic rings. The maximum absolute atomic E-state index is 12.5. The van der Waals surface area contributed by atoms with Crippen LogP contribution in [-0.2, 0) is 7.05 Å². The molecule has 0 radical (unpaired) electrons. The van der Waals surface area contributed by atoms with Gasteiger partial charge >= 0.3 is 0 Å². The van der Waals surface area contributed by atoms with E-state index in [2.05, 4.69) is 15.3 Å². The third-order valence-electron chi connectivity index (χ3n) is 4.30. The lowest BCUT2D eigenvalue weighted by atomic mass is 10.1. The van der Waals surface area contributed by atoms with Gasteiger partial charge in [0, 0.05) is 37.1 Å². The summed E-state index contributed by atoms with van der Waals surface area (Å²) in [5.41, 5.74) is 1.23. The molecule has 3 aromatic rings. The normalized spacial score (nSPS) is 12.9. The zero-order valence-corrected chi connectivity index (χ0v) is 16.6. The van der Waals surface area contributed by atoms with Crippen molar-refractivity contribution >= 4 is 10.9 Å². The molecule has 1 atom stereocenters. The van der Waals surface area contributed by atoms with E-state index >= 15 is 0 Å². The summed E-state index contributed by atoms with van der Waals surface area (Å²) in [6, 6.07) is 9.04. The number of hydrogen-bond acceptors (Lipinski definition) is 6. The minimum atomic E-state index is -0.601. The molecule has 7 nitrogen and oxygen atoms in total. The van der Waals surface area contributed by atoms with E-state index in [0.29, 0.717) is 29.0 Å². The number of aliphatic hydroxyl groups excluding tert-OH is 1. The van der Waals surface area contributed by atoms with Crippen molar-refractivity contribution in [3.05, 3.63) is 53.1 Å². The zero-order chi connectivity index (χ0) is 20.3. The summed E-state index contributed by atoms with van der Waals surface area (Å²) in [6.07, 6.45) is 2.55. The second-order valence-electron chi connectivity index (χ2n) is 7.81. The van der Waals surface area contributed by atoms with E-state index in [9.17, 15) is 9.90 Å². The highest BCUT2D eigenvalue weighted by Crippen LogP contribution is 2.21. The highest BCUT2D eigenvalue weighted by atomic mass is 16.5. The Labute approximate surface area is 164 Å². The van der Waals surface area contributed by atoms with Crippen LogP contribution in [0, 0.1) is 0 Å². The Kier molecular flexibility index (Phi) is 5.76. The molecule has 28 heavy (non-hydrogen) atoms. The van der Waals surface area contributed by atoms with Crippen LogP contribution in [-0.4, -0.2) is 44.4 Å². The maximum Gasteiger partial charge on any atom is 0.262 e. The fourth-order valence-electron chi connectivity index (χ4n) is 2.75. The summed E-state index contributed by atoms with van der Waals surface area (Å²) >= 11 is 0. The van der Waals surface area contributed by atoms with Crippen molar-refractivity contribution < 1.29 is 9.84 Å². The number of benzene rings is 1. The van der Waals surface area contributed by atoms with Gasteiger partial charge in [-0.1, -0.05) is 0 Å². The molecule has 2 heterocycles. The van der Waals surface area contributed by atoms with Gasteiger partial charge < -0.3 is 15.2 Å². The molecule has 3 rings (SSSR count). The third-order valence-corrected chi connectivity index (χ3v) is 4.30. The van der Waals surface area contributed by atoms with E-state index in [1.54, 1.807) is 19.3 Å². The van der Waals surface area contributed by atoms with Crippen LogP contribution in [0.5, 0.6) is 5.75 Å². The Balaban J connectivity index is 1.72. The summed E-state index contributed by atoms with van der Waals surface area (Å²) in [5, 5.41) is 13.8. The second-order valence-corrected chi connectivity index (χ2v) is 7.81. The molecular weight excluding hydrogens is 356 g/mol. The third kappa shape index (κ3) is 4.74. The first-order chi connectivity index (χ1) is 13.2. The number of aromatic nitrogens is 3. The SMILES string of the molecule is Cn1c(-c2ccc(OCC(O)CNC(C)(C)C)cc2)nc2ccncc2c1=O. The maximum atomic E-state index is 12.5. The van der Waals surface area contributed by atoms with Gasteiger partial charge in [0.05, 0.1) is 10.9 Å². The average molecular weight is 382 g/mol. The Hall–Kier alpha value is -2.77. The summed E-state index contributed by atoms with van der Waals surface area (Å²) in [5.74, 6) is 1.22. The first-order valence-corrected chi connectivity index (χ1v) is 9.22. The molecule has 1 aromatic carbocycles. The minimum Gasteiger partial charge on any atom is -0.491 e. The summed E-state index contributed by atoms with van der Waals surface area (Å²) in [7, 11) is 1.69. The molecule has 0 saturated heterocycles. The van der Waals surface area contributed by atoms with Crippen molar-refractivity contribution in [1.29, 1.82) is 0 Å². The molecular formula is C21H26N4O3. The molecule has 2 N–H and O–H groups in total. The van der Waals surface area contributed by atoms with Crippen LogP contribution in [0.3, 0.4) is 0 Å². The molecule has 2 aromatic heterocycles. The van der Waals surface area contributed by atoms with E-state index in [-0.39, 0.29) is 17.7 Å². The molecule has 7 heteroatoms. The number of fused-ring (bicyclic) bond motifs is 1. The van der Waals surface area contributed by atoms with Gasteiger partial charge in [0.25, 0.3) is 5.56 Å². The Morgan fingerprint density at radius 1 is 1.21 bits per heavy atom. The van der Waals surface area contributed by atoms with Crippen LogP contribution in [0.25, 0.3) is 22.3 Å². The van der Waals surface area contributed by atoms with E-state index in [4.69, 9.17) is 4.74 Å². The fourth-order valence-corrected chi connectivity index (χ4v) is 2.75. The van der Waals surface area contributed by atoms with Crippen molar-refractivity contribution in [3.63, 3.8) is 0 Å². The highest BCUT2D eigenvalue weighted by molar-refractivity contribution is 5.78. The number of rotatable bonds is 6. The smallest absolute Gasteiger partial charge is 0.262 e. The molecule has 0 saturated carbocycles. The first-order valence-electron chi connectivity index (χ1n) is 9.22. The minimum absolute atomic E-state index is 0.0541. The standard InChI is InChI=1S/C21H26N4O3/c1-21(2,3)23-11-15(26)13-28-16-7-5-14(6-8-16)19-24-18-9-10-22-12-17(18)20(27)25(19)4/h5-10,12,15,23,26H,11,13H2,1-4H3. The van der Waals surface area contributed by atoms with Crippen LogP contribution in [0.4, 0.5) is 0 Å². The zero-order valence-electron chi connectivity index (χ0n) is 16.6. The number of hydrogen-bond donors (Lipinski definition) is 2. The van der Waals surface area contributed by atoms with Crippen molar-refractivity contribution in [3.8, 4) is 17.1 Å². The quantitative estimate of drug-likeness (QED) is 0.679. The molecule has 1 unspecified atom stereocenters. The van der Waals surface area contributed by atoms with Crippen LogP contribution < -0.4 is 15.6 Å². The summed E-state index contributed by atoms with van der Waals surface area (Å²) in [6.45, 7) is 6.79. The number of β-amino-alcohol motifs (C(OH)–C–C–N with tert-alkyl or cyclic N) is 1. The molecule has 0 bridgehead atoms.